The van der Waals surface area contributed by atoms with Gasteiger partial charge in [0.2, 0.25) is 0 Å². The Kier molecular flexibility index (Phi) is 5.07. The minimum Gasteiger partial charge on any atom is -0.367 e. The van der Waals surface area contributed by atoms with Crippen molar-refractivity contribution < 1.29 is 0 Å². The van der Waals surface area contributed by atoms with Crippen LogP contribution in [0.3, 0.4) is 0 Å². The summed E-state index contributed by atoms with van der Waals surface area (Å²) in [6, 6.07) is 11.4. The Labute approximate surface area is 178 Å². The van der Waals surface area contributed by atoms with Gasteiger partial charge in [0.15, 0.2) is 0 Å². The molecular formula is C24H28Cl2N2. The number of piperidine rings is 1. The third-order valence-corrected chi connectivity index (χ3v) is 7.43. The van der Waals surface area contributed by atoms with Gasteiger partial charge >= 0.3 is 0 Å². The average Bonchev–Trinajstić information content (AvgIpc) is 3.01. The maximum atomic E-state index is 6.57. The summed E-state index contributed by atoms with van der Waals surface area (Å²) in [5, 5.41) is 1.44. The molecule has 1 saturated heterocycles. The maximum Gasteiger partial charge on any atom is 0.0499 e. The minimum absolute atomic E-state index is 0.628. The van der Waals surface area contributed by atoms with E-state index in [1.54, 1.807) is 11.3 Å². The highest BCUT2D eigenvalue weighted by atomic mass is 35.5. The van der Waals surface area contributed by atoms with E-state index in [9.17, 15) is 0 Å². The van der Waals surface area contributed by atoms with Crippen LogP contribution in [-0.4, -0.2) is 37.1 Å². The largest absolute Gasteiger partial charge is 0.367 e. The number of nitrogens with zero attached hydrogens (tertiary/aromatic N) is 2. The van der Waals surface area contributed by atoms with Crippen LogP contribution < -0.4 is 4.90 Å². The lowest BCUT2D eigenvalue weighted by molar-refractivity contribution is 0.191. The molecule has 2 nitrogen and oxygen atoms in total. The monoisotopic (exact) mass is 414 g/mol. The fourth-order valence-corrected chi connectivity index (χ4v) is 6.09. The van der Waals surface area contributed by atoms with E-state index in [-0.39, 0.29) is 0 Å². The molecule has 5 rings (SSSR count). The van der Waals surface area contributed by atoms with E-state index in [2.05, 4.69) is 34.9 Å². The molecule has 0 aromatic heterocycles. The van der Waals surface area contributed by atoms with Gasteiger partial charge in [0.1, 0.15) is 0 Å². The third-order valence-electron chi connectivity index (χ3n) is 6.88. The van der Waals surface area contributed by atoms with E-state index in [0.29, 0.717) is 17.0 Å². The van der Waals surface area contributed by atoms with E-state index < -0.39 is 0 Å². The molecule has 0 amide bonds. The quantitative estimate of drug-likeness (QED) is 0.571. The number of halogens is 2. The van der Waals surface area contributed by atoms with Crippen molar-refractivity contribution in [3.05, 3.63) is 51.5 Å². The fraction of sp³-hybridized carbons (Fsp3) is 0.500. The Morgan fingerprint density at radius 2 is 2.00 bits per heavy atom. The molecule has 0 aliphatic carbocycles. The molecule has 0 unspecified atom stereocenters. The second-order valence-corrected chi connectivity index (χ2v) is 9.45. The molecule has 2 aromatic rings. The summed E-state index contributed by atoms with van der Waals surface area (Å²) < 4.78 is 0. The van der Waals surface area contributed by atoms with Crippen molar-refractivity contribution in [1.29, 1.82) is 0 Å². The SMILES string of the molecule is CCCCN1CC[C@H]2[C@@H](C1)c1cc(-c3ccc(Cl)cc3Cl)cc3c1N2CCC3. The predicted molar refractivity (Wildman–Crippen MR) is 120 cm³/mol. The van der Waals surface area contributed by atoms with Gasteiger partial charge in [0.05, 0.1) is 0 Å². The summed E-state index contributed by atoms with van der Waals surface area (Å²) in [6.45, 7) is 7.19. The molecule has 3 aliphatic heterocycles. The van der Waals surface area contributed by atoms with Crippen LogP contribution in [0.1, 0.15) is 49.7 Å². The number of unbranched alkanes of at least 4 members (excludes halogenated alkanes) is 1. The summed E-state index contributed by atoms with van der Waals surface area (Å²) in [5.74, 6) is 0.628. The molecule has 0 bridgehead atoms. The highest BCUT2D eigenvalue weighted by Crippen LogP contribution is 2.50. The Bertz CT molecular complexity index is 894. The zero-order valence-electron chi connectivity index (χ0n) is 16.6. The first-order valence-corrected chi connectivity index (χ1v) is 11.5. The lowest BCUT2D eigenvalue weighted by Crippen LogP contribution is -2.47. The van der Waals surface area contributed by atoms with E-state index >= 15 is 0 Å². The molecule has 0 N–H and O–H groups in total. The number of likely N-dealkylation sites (tertiary alicyclic amines) is 1. The van der Waals surface area contributed by atoms with Crippen molar-refractivity contribution in [2.45, 2.75) is 51.0 Å². The molecule has 4 heteroatoms. The predicted octanol–water partition coefficient (Wildman–Crippen LogP) is 6.38. The van der Waals surface area contributed by atoms with Crippen LogP contribution in [0.15, 0.2) is 30.3 Å². The van der Waals surface area contributed by atoms with Gasteiger partial charge < -0.3 is 9.80 Å². The lowest BCUT2D eigenvalue weighted by Gasteiger charge is -2.40. The first kappa shape index (κ1) is 18.8. The van der Waals surface area contributed by atoms with Crippen LogP contribution in [0, 0.1) is 0 Å². The first-order valence-electron chi connectivity index (χ1n) is 10.8. The number of fused-ring (bicyclic) bond motifs is 3. The fourth-order valence-electron chi connectivity index (χ4n) is 5.58. The van der Waals surface area contributed by atoms with Crippen LogP contribution in [0.5, 0.6) is 0 Å². The molecule has 2 atom stereocenters. The second kappa shape index (κ2) is 7.55. The molecule has 3 aliphatic rings. The second-order valence-electron chi connectivity index (χ2n) is 8.61. The Balaban J connectivity index is 1.56. The zero-order chi connectivity index (χ0) is 19.3. The summed E-state index contributed by atoms with van der Waals surface area (Å²) in [7, 11) is 0. The molecule has 0 spiro atoms. The number of rotatable bonds is 4. The van der Waals surface area contributed by atoms with Crippen molar-refractivity contribution in [2.24, 2.45) is 0 Å². The van der Waals surface area contributed by atoms with Crippen LogP contribution in [-0.2, 0) is 6.42 Å². The van der Waals surface area contributed by atoms with Crippen LogP contribution in [0.25, 0.3) is 11.1 Å². The number of aryl methyl sites for hydroxylation is 1. The van der Waals surface area contributed by atoms with Gasteiger partial charge in [-0.15, -0.1) is 0 Å². The van der Waals surface area contributed by atoms with Gasteiger partial charge in [0.25, 0.3) is 0 Å². The van der Waals surface area contributed by atoms with E-state index in [1.165, 1.54) is 69.4 Å². The van der Waals surface area contributed by atoms with Crippen molar-refractivity contribution >= 4 is 28.9 Å². The Morgan fingerprint density at radius 1 is 1.11 bits per heavy atom. The van der Waals surface area contributed by atoms with Crippen molar-refractivity contribution in [3.8, 4) is 11.1 Å². The van der Waals surface area contributed by atoms with E-state index in [4.69, 9.17) is 23.2 Å². The third kappa shape index (κ3) is 3.14. The average molecular weight is 415 g/mol. The van der Waals surface area contributed by atoms with Crippen LogP contribution in [0.4, 0.5) is 5.69 Å². The highest BCUT2D eigenvalue weighted by molar-refractivity contribution is 6.36. The lowest BCUT2D eigenvalue weighted by atomic mass is 9.86. The number of hydrogen-bond acceptors (Lipinski definition) is 2. The Hall–Kier alpha value is -1.22. The van der Waals surface area contributed by atoms with Gasteiger partial charge in [-0.05, 0) is 73.2 Å². The van der Waals surface area contributed by atoms with E-state index in [0.717, 1.165) is 10.6 Å². The van der Waals surface area contributed by atoms with Gasteiger partial charge in [-0.1, -0.05) is 42.6 Å². The molecule has 28 heavy (non-hydrogen) atoms. The molecular weight excluding hydrogens is 387 g/mol. The van der Waals surface area contributed by atoms with Crippen molar-refractivity contribution in [1.82, 2.24) is 4.90 Å². The minimum atomic E-state index is 0.628. The molecule has 0 saturated carbocycles. The smallest absolute Gasteiger partial charge is 0.0499 e. The summed E-state index contributed by atoms with van der Waals surface area (Å²) >= 11 is 12.7. The van der Waals surface area contributed by atoms with Gasteiger partial charge in [-0.3, -0.25) is 0 Å². The number of hydrogen-bond donors (Lipinski definition) is 0. The molecule has 3 heterocycles. The van der Waals surface area contributed by atoms with Gasteiger partial charge in [0, 0.05) is 52.9 Å². The zero-order valence-corrected chi connectivity index (χ0v) is 18.1. The standard InChI is InChI=1S/C24H28Cl2N2/c1-2-3-9-27-11-8-23-21(15-27)20-13-17(19-7-6-18(25)14-22(19)26)12-16-5-4-10-28(23)24(16)20/h6-7,12-14,21,23H,2-5,8-11,15H2,1H3/t21-,23-/m0/s1. The highest BCUT2D eigenvalue weighted by Gasteiger charge is 2.43. The summed E-state index contributed by atoms with van der Waals surface area (Å²) in [5.41, 5.74) is 6.98. The molecule has 148 valence electrons. The maximum absolute atomic E-state index is 6.57. The molecule has 0 radical (unpaired) electrons. The summed E-state index contributed by atoms with van der Waals surface area (Å²) in [4.78, 5) is 5.43. The number of anilines is 1. The first-order chi connectivity index (χ1) is 13.7. The summed E-state index contributed by atoms with van der Waals surface area (Å²) in [6.07, 6.45) is 6.31. The topological polar surface area (TPSA) is 6.48 Å². The Morgan fingerprint density at radius 3 is 2.82 bits per heavy atom. The van der Waals surface area contributed by atoms with Crippen molar-refractivity contribution in [3.63, 3.8) is 0 Å². The molecule has 2 aromatic carbocycles. The van der Waals surface area contributed by atoms with Gasteiger partial charge in [-0.2, -0.15) is 0 Å². The normalized spacial score (nSPS) is 23.6. The van der Waals surface area contributed by atoms with Gasteiger partial charge in [-0.25, -0.2) is 0 Å². The van der Waals surface area contributed by atoms with Crippen molar-refractivity contribution in [2.75, 3.05) is 31.1 Å². The van der Waals surface area contributed by atoms with Crippen LogP contribution in [0.2, 0.25) is 10.0 Å². The number of benzene rings is 2. The van der Waals surface area contributed by atoms with E-state index in [1.807, 2.05) is 12.1 Å². The van der Waals surface area contributed by atoms with Crippen LogP contribution >= 0.6 is 23.2 Å². The molecule has 1 fully saturated rings.